The molecule has 0 spiro atoms. The lowest BCUT2D eigenvalue weighted by Crippen LogP contribution is -2.55. The average molecular weight is 425 g/mol. The van der Waals surface area contributed by atoms with Crippen molar-refractivity contribution in [2.24, 2.45) is 0 Å². The van der Waals surface area contributed by atoms with Gasteiger partial charge in [0.2, 0.25) is 5.91 Å². The van der Waals surface area contributed by atoms with Crippen molar-refractivity contribution in [3.63, 3.8) is 0 Å². The number of nitrogens with zero attached hydrogens (tertiary/aromatic N) is 3. The van der Waals surface area contributed by atoms with Crippen LogP contribution in [0.1, 0.15) is 74.0 Å². The van der Waals surface area contributed by atoms with Crippen molar-refractivity contribution < 1.29 is 14.0 Å². The van der Waals surface area contributed by atoms with Crippen LogP contribution in [0, 0.1) is 0 Å². The number of amides is 2. The number of carbonyl (C=O) groups excluding carboxylic acids is 2. The number of likely N-dealkylation sites (tertiary alicyclic amines) is 1. The van der Waals surface area contributed by atoms with E-state index in [1.807, 2.05) is 23.1 Å². The second-order valence-corrected chi connectivity index (χ2v) is 9.53. The number of carbonyl (C=O) groups is 2. The first kappa shape index (κ1) is 20.5. The van der Waals surface area contributed by atoms with Crippen molar-refractivity contribution >= 4 is 22.9 Å². The lowest BCUT2D eigenvalue weighted by molar-refractivity contribution is -0.129. The first-order valence-corrected chi connectivity index (χ1v) is 11.7. The first-order chi connectivity index (χ1) is 15.0. The van der Waals surface area contributed by atoms with Gasteiger partial charge in [0.15, 0.2) is 11.5 Å². The number of hydrogen-bond acceptors (Lipinski definition) is 5. The minimum Gasteiger partial charge on any atom is -0.440 e. The summed E-state index contributed by atoms with van der Waals surface area (Å²) in [6, 6.07) is 6.97. The molecule has 5 rings (SSSR count). The number of hydrogen-bond donors (Lipinski definition) is 1. The molecule has 2 atom stereocenters. The highest BCUT2D eigenvalue weighted by molar-refractivity contribution is 6.04. The van der Waals surface area contributed by atoms with Gasteiger partial charge in [-0.3, -0.25) is 9.59 Å². The summed E-state index contributed by atoms with van der Waals surface area (Å²) in [5.74, 6) is 0.942. The van der Waals surface area contributed by atoms with E-state index in [9.17, 15) is 9.59 Å². The van der Waals surface area contributed by atoms with E-state index in [0.717, 1.165) is 38.8 Å². The van der Waals surface area contributed by atoms with Gasteiger partial charge in [-0.25, -0.2) is 4.98 Å². The average Bonchev–Trinajstić information content (AvgIpc) is 3.19. The van der Waals surface area contributed by atoms with Gasteiger partial charge in [0.05, 0.1) is 5.56 Å². The van der Waals surface area contributed by atoms with Gasteiger partial charge in [-0.1, -0.05) is 12.5 Å². The van der Waals surface area contributed by atoms with E-state index >= 15 is 0 Å². The molecule has 2 amide bonds. The van der Waals surface area contributed by atoms with Crippen LogP contribution in [-0.2, 0) is 4.79 Å². The van der Waals surface area contributed by atoms with Crippen LogP contribution in [0.5, 0.6) is 0 Å². The minimum absolute atomic E-state index is 0.0514. The van der Waals surface area contributed by atoms with E-state index < -0.39 is 0 Å². The molecule has 3 aliphatic heterocycles. The number of aromatic nitrogens is 1. The quantitative estimate of drug-likeness (QED) is 0.818. The third-order valence-electron chi connectivity index (χ3n) is 7.64. The van der Waals surface area contributed by atoms with Crippen LogP contribution in [0.2, 0.25) is 0 Å². The van der Waals surface area contributed by atoms with Crippen LogP contribution in [0.4, 0.5) is 0 Å². The molecule has 166 valence electrons. The van der Waals surface area contributed by atoms with Gasteiger partial charge in [0.1, 0.15) is 5.52 Å². The summed E-state index contributed by atoms with van der Waals surface area (Å²) >= 11 is 0. The summed E-state index contributed by atoms with van der Waals surface area (Å²) in [5, 5.41) is 3.29. The van der Waals surface area contributed by atoms with Gasteiger partial charge >= 0.3 is 0 Å². The van der Waals surface area contributed by atoms with Gasteiger partial charge < -0.3 is 19.5 Å². The number of rotatable bonds is 3. The topological polar surface area (TPSA) is 78.7 Å². The fraction of sp³-hybridized carbons (Fsp3) is 0.625. The Hall–Kier alpha value is -2.41. The number of benzene rings is 1. The van der Waals surface area contributed by atoms with E-state index in [1.165, 1.54) is 19.3 Å². The third kappa shape index (κ3) is 3.95. The van der Waals surface area contributed by atoms with Gasteiger partial charge in [0, 0.05) is 44.1 Å². The highest BCUT2D eigenvalue weighted by atomic mass is 16.3. The number of fused-ring (bicyclic) bond motifs is 3. The largest absolute Gasteiger partial charge is 0.440 e. The number of piperidine rings is 3. The molecule has 4 heterocycles. The highest BCUT2D eigenvalue weighted by Gasteiger charge is 2.36. The monoisotopic (exact) mass is 424 g/mol. The summed E-state index contributed by atoms with van der Waals surface area (Å²) in [6.07, 6.45) is 7.47. The zero-order valence-electron chi connectivity index (χ0n) is 18.5. The lowest BCUT2D eigenvalue weighted by Gasteiger charge is -2.47. The smallest absolute Gasteiger partial charge is 0.253 e. The second kappa shape index (κ2) is 8.26. The number of oxazole rings is 1. The maximum absolute atomic E-state index is 13.2. The summed E-state index contributed by atoms with van der Waals surface area (Å²) in [6.45, 7) is 3.07. The molecule has 3 fully saturated rings. The van der Waals surface area contributed by atoms with Crippen LogP contribution >= 0.6 is 0 Å². The summed E-state index contributed by atoms with van der Waals surface area (Å²) in [7, 11) is 2.23. The predicted molar refractivity (Wildman–Crippen MR) is 118 cm³/mol. The van der Waals surface area contributed by atoms with Gasteiger partial charge in [-0.05, 0) is 57.7 Å². The van der Waals surface area contributed by atoms with Crippen molar-refractivity contribution in [2.45, 2.75) is 75.9 Å². The summed E-state index contributed by atoms with van der Waals surface area (Å²) in [4.78, 5) is 33.9. The molecule has 31 heavy (non-hydrogen) atoms. The van der Waals surface area contributed by atoms with Crippen LogP contribution in [0.15, 0.2) is 22.6 Å². The molecule has 0 aliphatic carbocycles. The Balaban J connectivity index is 1.31. The van der Waals surface area contributed by atoms with Crippen molar-refractivity contribution in [2.75, 3.05) is 20.1 Å². The van der Waals surface area contributed by atoms with E-state index in [0.29, 0.717) is 34.6 Å². The molecule has 0 saturated carbocycles. The van der Waals surface area contributed by atoms with Crippen LogP contribution in [0.3, 0.4) is 0 Å². The SMILES string of the molecule is CC(=O)N1CCC(c2nc3c(C(=O)NC4CC5CCCC(C4)N5C)cccc3o2)CC1. The van der Waals surface area contributed by atoms with Crippen molar-refractivity contribution in [3.8, 4) is 0 Å². The first-order valence-electron chi connectivity index (χ1n) is 11.7. The van der Waals surface area contributed by atoms with E-state index in [-0.39, 0.29) is 23.8 Å². The van der Waals surface area contributed by atoms with E-state index in [4.69, 9.17) is 9.40 Å². The zero-order chi connectivity index (χ0) is 21.5. The summed E-state index contributed by atoms with van der Waals surface area (Å²) in [5.41, 5.74) is 1.91. The molecule has 1 N–H and O–H groups in total. The van der Waals surface area contributed by atoms with Crippen LogP contribution in [0.25, 0.3) is 11.1 Å². The molecule has 1 aromatic heterocycles. The van der Waals surface area contributed by atoms with Crippen molar-refractivity contribution in [1.29, 1.82) is 0 Å². The molecule has 1 aromatic carbocycles. The molecule has 0 radical (unpaired) electrons. The molecule has 3 aliphatic rings. The molecular formula is C24H32N4O3. The third-order valence-corrected chi connectivity index (χ3v) is 7.64. The van der Waals surface area contributed by atoms with Crippen molar-refractivity contribution in [1.82, 2.24) is 20.1 Å². The maximum atomic E-state index is 13.2. The second-order valence-electron chi connectivity index (χ2n) is 9.53. The Morgan fingerprint density at radius 1 is 1.10 bits per heavy atom. The Labute approximate surface area is 183 Å². The molecule has 7 heteroatoms. The van der Waals surface area contributed by atoms with Gasteiger partial charge in [-0.15, -0.1) is 0 Å². The maximum Gasteiger partial charge on any atom is 0.253 e. The molecular weight excluding hydrogens is 392 g/mol. The molecule has 2 bridgehead atoms. The molecule has 2 aromatic rings. The van der Waals surface area contributed by atoms with Gasteiger partial charge in [-0.2, -0.15) is 0 Å². The molecule has 7 nitrogen and oxygen atoms in total. The van der Waals surface area contributed by atoms with Gasteiger partial charge in [0.25, 0.3) is 5.91 Å². The number of nitrogens with one attached hydrogen (secondary N) is 1. The minimum atomic E-state index is -0.0514. The Kier molecular flexibility index (Phi) is 5.46. The normalized spacial score (nSPS) is 27.4. The molecule has 2 unspecified atom stereocenters. The fourth-order valence-corrected chi connectivity index (χ4v) is 5.76. The predicted octanol–water partition coefficient (Wildman–Crippen LogP) is 3.30. The van der Waals surface area contributed by atoms with E-state index in [1.54, 1.807) is 6.92 Å². The van der Waals surface area contributed by atoms with E-state index in [2.05, 4.69) is 17.3 Å². The highest BCUT2D eigenvalue weighted by Crippen LogP contribution is 2.34. The van der Waals surface area contributed by atoms with Crippen molar-refractivity contribution in [3.05, 3.63) is 29.7 Å². The Morgan fingerprint density at radius 3 is 2.48 bits per heavy atom. The standard InChI is InChI=1S/C24H32N4O3/c1-15(29)28-11-9-16(10-12-28)24-26-22-20(7-4-8-21(22)31-24)23(30)25-17-13-18-5-3-6-19(14-17)27(18)2/h4,7-8,16-19H,3,5-6,9-14H2,1-2H3,(H,25,30). The molecule has 3 saturated heterocycles. The van der Waals surface area contributed by atoms with Crippen LogP contribution in [-0.4, -0.2) is 64.9 Å². The fourth-order valence-electron chi connectivity index (χ4n) is 5.76. The Morgan fingerprint density at radius 2 is 1.81 bits per heavy atom. The Bertz CT molecular complexity index is 964. The number of para-hydroxylation sites is 1. The summed E-state index contributed by atoms with van der Waals surface area (Å²) < 4.78 is 6.06. The zero-order valence-corrected chi connectivity index (χ0v) is 18.5. The van der Waals surface area contributed by atoms with Crippen LogP contribution < -0.4 is 5.32 Å². The lowest BCUT2D eigenvalue weighted by atomic mass is 9.82.